The second-order valence-corrected chi connectivity index (χ2v) is 10.7. The highest BCUT2D eigenvalue weighted by Crippen LogP contribution is 2.32. The molecule has 6 atom stereocenters. The Bertz CT molecular complexity index is 869. The van der Waals surface area contributed by atoms with Crippen molar-refractivity contribution in [1.82, 2.24) is 31.2 Å². The van der Waals surface area contributed by atoms with Crippen LogP contribution in [0, 0.1) is 11.8 Å². The van der Waals surface area contributed by atoms with Gasteiger partial charge in [0.2, 0.25) is 5.91 Å². The minimum atomic E-state index is -0.338. The Morgan fingerprint density at radius 2 is 2.00 bits per heavy atom. The van der Waals surface area contributed by atoms with E-state index >= 15 is 0 Å². The molecule has 3 fully saturated rings. The van der Waals surface area contributed by atoms with Crippen LogP contribution in [0.1, 0.15) is 44.0 Å². The van der Waals surface area contributed by atoms with Crippen LogP contribution in [-0.2, 0) is 4.79 Å². The van der Waals surface area contributed by atoms with Gasteiger partial charge in [-0.2, -0.15) is 0 Å². The summed E-state index contributed by atoms with van der Waals surface area (Å²) >= 11 is 1.63. The summed E-state index contributed by atoms with van der Waals surface area (Å²) < 4.78 is 1.13. The van der Waals surface area contributed by atoms with Crippen LogP contribution in [0.15, 0.2) is 24.3 Å². The van der Waals surface area contributed by atoms with Crippen molar-refractivity contribution in [3.8, 4) is 0 Å². The first-order valence-corrected chi connectivity index (χ1v) is 12.5. The van der Waals surface area contributed by atoms with E-state index in [0.29, 0.717) is 17.9 Å². The molecule has 3 aliphatic heterocycles. The maximum absolute atomic E-state index is 13.5. The molecule has 0 spiro atoms. The molecule has 3 aliphatic rings. The third-order valence-electron chi connectivity index (χ3n) is 6.78. The number of para-hydroxylation sites is 1. The van der Waals surface area contributed by atoms with Crippen molar-refractivity contribution < 1.29 is 4.79 Å². The van der Waals surface area contributed by atoms with Gasteiger partial charge in [-0.1, -0.05) is 26.0 Å². The van der Waals surface area contributed by atoms with Gasteiger partial charge in [0.15, 0.2) is 0 Å². The standard InChI is InChI=1S/C23H34N6OS/c1-14-10-15(2)13-29(12-14)23-27-20(25-16-6-5-9-24-11-16)19(21(30)28-23)22-26-17-7-3-4-8-18(17)31-22/h3-4,7-8,14-16,19-20,23-25,27H,5-6,9-13H2,1-2H3,(H,28,30)/t14?,15?,16-,19?,20?,23?/m1/s1. The van der Waals surface area contributed by atoms with Gasteiger partial charge >= 0.3 is 0 Å². The quantitative estimate of drug-likeness (QED) is 0.580. The monoisotopic (exact) mass is 442 g/mol. The number of hydrogen-bond acceptors (Lipinski definition) is 7. The van der Waals surface area contributed by atoms with E-state index in [1.807, 2.05) is 18.2 Å². The number of thiazole rings is 1. The average molecular weight is 443 g/mol. The summed E-state index contributed by atoms with van der Waals surface area (Å²) in [5, 5.41) is 15.2. The molecular weight excluding hydrogens is 408 g/mol. The number of piperidine rings is 2. The van der Waals surface area contributed by atoms with Gasteiger partial charge in [0.05, 0.1) is 16.4 Å². The molecule has 7 nitrogen and oxygen atoms in total. The fraction of sp³-hybridized carbons (Fsp3) is 0.652. The van der Waals surface area contributed by atoms with Crippen LogP contribution in [-0.4, -0.2) is 60.5 Å². The Morgan fingerprint density at radius 1 is 1.19 bits per heavy atom. The maximum atomic E-state index is 13.5. The molecule has 31 heavy (non-hydrogen) atoms. The molecule has 5 unspecified atom stereocenters. The van der Waals surface area contributed by atoms with Crippen molar-refractivity contribution in [3.63, 3.8) is 0 Å². The van der Waals surface area contributed by atoms with Gasteiger partial charge < -0.3 is 10.6 Å². The Morgan fingerprint density at radius 3 is 2.74 bits per heavy atom. The number of nitrogens with one attached hydrogen (secondary N) is 4. The van der Waals surface area contributed by atoms with E-state index in [9.17, 15) is 4.79 Å². The van der Waals surface area contributed by atoms with Gasteiger partial charge in [0, 0.05) is 25.7 Å². The van der Waals surface area contributed by atoms with Gasteiger partial charge in [0.25, 0.3) is 0 Å². The summed E-state index contributed by atoms with van der Waals surface area (Å²) in [4.78, 5) is 20.7. The third kappa shape index (κ3) is 4.64. The van der Waals surface area contributed by atoms with E-state index in [4.69, 9.17) is 4.98 Å². The lowest BCUT2D eigenvalue weighted by Crippen LogP contribution is -2.72. The Labute approximate surface area is 188 Å². The van der Waals surface area contributed by atoms with Crippen molar-refractivity contribution in [1.29, 1.82) is 0 Å². The maximum Gasteiger partial charge on any atom is 0.235 e. The second-order valence-electron chi connectivity index (χ2n) is 9.66. The first-order chi connectivity index (χ1) is 15.1. The van der Waals surface area contributed by atoms with Gasteiger partial charge in [-0.15, -0.1) is 11.3 Å². The van der Waals surface area contributed by atoms with Crippen LogP contribution >= 0.6 is 11.3 Å². The highest BCUT2D eigenvalue weighted by molar-refractivity contribution is 7.18. The number of carbonyl (C=O) groups excluding carboxylic acids is 1. The van der Waals surface area contributed by atoms with Crippen LogP contribution in [0.25, 0.3) is 10.2 Å². The van der Waals surface area contributed by atoms with E-state index in [-0.39, 0.29) is 24.3 Å². The molecule has 4 N–H and O–H groups in total. The first-order valence-electron chi connectivity index (χ1n) is 11.7. The zero-order valence-electron chi connectivity index (χ0n) is 18.4. The molecule has 0 saturated carbocycles. The minimum Gasteiger partial charge on any atom is -0.327 e. The molecule has 5 rings (SSSR count). The van der Waals surface area contributed by atoms with E-state index in [0.717, 1.165) is 54.2 Å². The topological polar surface area (TPSA) is 81.3 Å². The smallest absolute Gasteiger partial charge is 0.235 e. The zero-order valence-corrected chi connectivity index (χ0v) is 19.3. The van der Waals surface area contributed by atoms with Gasteiger partial charge in [-0.05, 0) is 49.8 Å². The van der Waals surface area contributed by atoms with Gasteiger partial charge in [-0.3, -0.25) is 20.3 Å². The molecule has 0 radical (unpaired) electrons. The molecule has 2 aromatic rings. The molecule has 168 valence electrons. The fourth-order valence-corrected chi connectivity index (χ4v) is 6.58. The van der Waals surface area contributed by atoms with Crippen molar-refractivity contribution in [3.05, 3.63) is 29.3 Å². The number of likely N-dealkylation sites (tertiary alicyclic amines) is 1. The second kappa shape index (κ2) is 9.11. The lowest BCUT2D eigenvalue weighted by Gasteiger charge is -2.46. The molecule has 1 aromatic carbocycles. The summed E-state index contributed by atoms with van der Waals surface area (Å²) in [5.74, 6) is 1.00. The van der Waals surface area contributed by atoms with Gasteiger partial charge in [-0.25, -0.2) is 4.98 Å². The number of benzene rings is 1. The molecule has 0 aliphatic carbocycles. The van der Waals surface area contributed by atoms with Crippen molar-refractivity contribution >= 4 is 27.5 Å². The predicted molar refractivity (Wildman–Crippen MR) is 125 cm³/mol. The van der Waals surface area contributed by atoms with E-state index < -0.39 is 0 Å². The van der Waals surface area contributed by atoms with E-state index in [1.165, 1.54) is 6.42 Å². The number of aromatic nitrogens is 1. The van der Waals surface area contributed by atoms with Crippen LogP contribution in [0.5, 0.6) is 0 Å². The first kappa shape index (κ1) is 21.3. The Balaban J connectivity index is 1.41. The van der Waals surface area contributed by atoms with Crippen molar-refractivity contribution in [2.45, 2.75) is 57.5 Å². The summed E-state index contributed by atoms with van der Waals surface area (Å²) in [5.41, 5.74) is 0.967. The van der Waals surface area contributed by atoms with Crippen molar-refractivity contribution in [2.75, 3.05) is 26.2 Å². The number of amides is 1. The summed E-state index contributed by atoms with van der Waals surface area (Å²) in [6.07, 6.45) is 3.25. The fourth-order valence-electron chi connectivity index (χ4n) is 5.47. The lowest BCUT2D eigenvalue weighted by molar-refractivity contribution is -0.130. The van der Waals surface area contributed by atoms with Crippen LogP contribution in [0.3, 0.4) is 0 Å². The molecular formula is C23H34N6OS. The largest absolute Gasteiger partial charge is 0.327 e. The zero-order chi connectivity index (χ0) is 21.4. The number of hydrogen-bond donors (Lipinski definition) is 4. The lowest BCUT2D eigenvalue weighted by atomic mass is 9.91. The molecule has 1 aromatic heterocycles. The molecule has 3 saturated heterocycles. The molecule has 0 bridgehead atoms. The summed E-state index contributed by atoms with van der Waals surface area (Å²) in [6.45, 7) is 8.64. The minimum absolute atomic E-state index is 0.0648. The number of carbonyl (C=O) groups is 1. The summed E-state index contributed by atoms with van der Waals surface area (Å²) in [6, 6.07) is 8.49. The molecule has 8 heteroatoms. The number of fused-ring (bicyclic) bond motifs is 1. The Kier molecular flexibility index (Phi) is 6.25. The van der Waals surface area contributed by atoms with Crippen molar-refractivity contribution in [2.24, 2.45) is 11.8 Å². The SMILES string of the molecule is CC1CC(C)CN(C2NC(=O)C(c3nc4ccccc4s3)C(N[C@@H]3CCCNC3)N2)C1. The number of rotatable bonds is 4. The highest BCUT2D eigenvalue weighted by Gasteiger charge is 2.42. The number of nitrogens with zero attached hydrogens (tertiary/aromatic N) is 2. The average Bonchev–Trinajstić information content (AvgIpc) is 3.17. The molecule has 1 amide bonds. The predicted octanol–water partition coefficient (Wildman–Crippen LogP) is 2.03. The highest BCUT2D eigenvalue weighted by atomic mass is 32.1. The normalized spacial score (nSPS) is 35.2. The summed E-state index contributed by atoms with van der Waals surface area (Å²) in [7, 11) is 0. The molecule has 4 heterocycles. The van der Waals surface area contributed by atoms with Crippen LogP contribution < -0.4 is 21.3 Å². The van der Waals surface area contributed by atoms with Crippen LogP contribution in [0.4, 0.5) is 0 Å². The third-order valence-corrected chi connectivity index (χ3v) is 7.90. The Hall–Kier alpha value is -1.58. The van der Waals surface area contributed by atoms with E-state index in [2.05, 4.69) is 46.1 Å². The van der Waals surface area contributed by atoms with E-state index in [1.54, 1.807) is 11.3 Å². The van der Waals surface area contributed by atoms with Crippen LogP contribution in [0.2, 0.25) is 0 Å². The van der Waals surface area contributed by atoms with Gasteiger partial charge in [0.1, 0.15) is 17.2 Å².